The first-order valence-corrected chi connectivity index (χ1v) is 6.65. The molecule has 0 fully saturated rings. The van der Waals surface area contributed by atoms with Gasteiger partial charge in [-0.2, -0.15) is 0 Å². The van der Waals surface area contributed by atoms with E-state index in [1.54, 1.807) is 12.1 Å². The molecule has 0 aliphatic carbocycles. The topological polar surface area (TPSA) is 21.3 Å². The van der Waals surface area contributed by atoms with Crippen LogP contribution in [0.1, 0.15) is 18.1 Å². The molecule has 2 aromatic rings. The van der Waals surface area contributed by atoms with Crippen LogP contribution in [0.2, 0.25) is 0 Å². The van der Waals surface area contributed by atoms with Crippen molar-refractivity contribution in [3.8, 4) is 5.75 Å². The molecule has 0 aliphatic rings. The fraction of sp³-hybridized carbons (Fsp3) is 0.250. The molecule has 0 radical (unpaired) electrons. The van der Waals surface area contributed by atoms with Crippen LogP contribution < -0.4 is 10.1 Å². The number of alkyl halides is 3. The molecule has 0 saturated heterocycles. The summed E-state index contributed by atoms with van der Waals surface area (Å²) in [6.07, 6.45) is -3.82. The number of para-hydroxylation sites is 2. The van der Waals surface area contributed by atoms with Crippen LogP contribution in [0.15, 0.2) is 48.5 Å². The second-order valence-electron chi connectivity index (χ2n) is 4.52. The van der Waals surface area contributed by atoms with Crippen molar-refractivity contribution in [3.63, 3.8) is 0 Å². The molecule has 1 N–H and O–H groups in total. The Morgan fingerprint density at radius 3 is 2.24 bits per heavy atom. The summed E-state index contributed by atoms with van der Waals surface area (Å²) in [7, 11) is 0. The summed E-state index contributed by atoms with van der Waals surface area (Å²) in [6, 6.07) is 13.9. The highest BCUT2D eigenvalue weighted by Gasteiger charge is 2.32. The van der Waals surface area contributed by atoms with Gasteiger partial charge in [-0.1, -0.05) is 43.3 Å². The van der Waals surface area contributed by atoms with E-state index in [-0.39, 0.29) is 5.75 Å². The minimum atomic E-state index is -4.70. The second-order valence-corrected chi connectivity index (χ2v) is 4.52. The third-order valence-electron chi connectivity index (χ3n) is 3.08. The van der Waals surface area contributed by atoms with Crippen LogP contribution in [0.3, 0.4) is 0 Å². The number of halogens is 3. The first kappa shape index (κ1) is 15.2. The van der Waals surface area contributed by atoms with Gasteiger partial charge in [-0.3, -0.25) is 0 Å². The highest BCUT2D eigenvalue weighted by Crippen LogP contribution is 2.30. The Bertz CT molecular complexity index is 596. The zero-order valence-electron chi connectivity index (χ0n) is 11.6. The Morgan fingerprint density at radius 1 is 0.952 bits per heavy atom. The summed E-state index contributed by atoms with van der Waals surface area (Å²) in [5, 5.41) is 3.00. The van der Waals surface area contributed by atoms with Crippen molar-refractivity contribution >= 4 is 5.69 Å². The van der Waals surface area contributed by atoms with Crippen LogP contribution in [0.5, 0.6) is 5.75 Å². The van der Waals surface area contributed by atoms with Crippen molar-refractivity contribution in [3.05, 3.63) is 59.7 Å². The molecule has 0 spiro atoms. The number of nitrogens with one attached hydrogen (secondary N) is 1. The molecule has 0 aliphatic heterocycles. The summed E-state index contributed by atoms with van der Waals surface area (Å²) in [5.74, 6) is -0.223. The Hall–Kier alpha value is -2.17. The molecular formula is C16H16F3NO. The number of hydrogen-bond acceptors (Lipinski definition) is 2. The lowest BCUT2D eigenvalue weighted by atomic mass is 10.1. The van der Waals surface area contributed by atoms with Gasteiger partial charge in [0, 0.05) is 6.54 Å². The Balaban J connectivity index is 2.13. The van der Waals surface area contributed by atoms with Crippen LogP contribution in [0.4, 0.5) is 18.9 Å². The van der Waals surface area contributed by atoms with Gasteiger partial charge in [0.05, 0.1) is 5.69 Å². The fourth-order valence-corrected chi connectivity index (χ4v) is 2.09. The molecule has 0 saturated carbocycles. The van der Waals surface area contributed by atoms with E-state index in [0.717, 1.165) is 12.0 Å². The lowest BCUT2D eigenvalue weighted by Crippen LogP contribution is -2.18. The Morgan fingerprint density at radius 2 is 1.57 bits per heavy atom. The molecule has 0 aromatic heterocycles. The lowest BCUT2D eigenvalue weighted by Gasteiger charge is -2.15. The van der Waals surface area contributed by atoms with E-state index in [9.17, 15) is 13.2 Å². The van der Waals surface area contributed by atoms with Gasteiger partial charge in [0.25, 0.3) is 0 Å². The molecule has 0 unspecified atom stereocenters. The maximum atomic E-state index is 12.4. The minimum absolute atomic E-state index is 0.223. The molecule has 2 aromatic carbocycles. The molecule has 2 nitrogen and oxygen atoms in total. The van der Waals surface area contributed by atoms with Crippen molar-refractivity contribution in [1.82, 2.24) is 0 Å². The lowest BCUT2D eigenvalue weighted by molar-refractivity contribution is -0.274. The molecule has 2 rings (SSSR count). The molecule has 112 valence electrons. The van der Waals surface area contributed by atoms with E-state index in [1.165, 1.54) is 17.7 Å². The highest BCUT2D eigenvalue weighted by molar-refractivity contribution is 5.56. The summed E-state index contributed by atoms with van der Waals surface area (Å²) in [6.45, 7) is 2.49. The van der Waals surface area contributed by atoms with Gasteiger partial charge in [-0.25, -0.2) is 0 Å². The average Bonchev–Trinajstić information content (AvgIpc) is 2.45. The number of ether oxygens (including phenoxy) is 1. The number of aryl methyl sites for hydroxylation is 1. The Labute approximate surface area is 121 Å². The maximum Gasteiger partial charge on any atom is 0.573 e. The van der Waals surface area contributed by atoms with Gasteiger partial charge >= 0.3 is 6.36 Å². The van der Waals surface area contributed by atoms with E-state index in [0.29, 0.717) is 12.2 Å². The second kappa shape index (κ2) is 6.52. The van der Waals surface area contributed by atoms with E-state index in [1.807, 2.05) is 31.2 Å². The first-order chi connectivity index (χ1) is 9.99. The maximum absolute atomic E-state index is 12.4. The summed E-state index contributed by atoms with van der Waals surface area (Å²) in [5.41, 5.74) is 2.54. The summed E-state index contributed by atoms with van der Waals surface area (Å²) in [4.78, 5) is 0. The molecule has 21 heavy (non-hydrogen) atoms. The molecule has 5 heteroatoms. The molecule has 0 amide bonds. The number of anilines is 1. The van der Waals surface area contributed by atoms with Crippen LogP contribution in [0.25, 0.3) is 0 Å². The smallest absolute Gasteiger partial charge is 0.404 e. The number of benzene rings is 2. The normalized spacial score (nSPS) is 11.2. The zero-order chi connectivity index (χ0) is 15.3. The molecular weight excluding hydrogens is 279 g/mol. The largest absolute Gasteiger partial charge is 0.573 e. The quantitative estimate of drug-likeness (QED) is 0.858. The molecule has 0 atom stereocenters. The summed E-state index contributed by atoms with van der Waals surface area (Å²) < 4.78 is 41.1. The monoisotopic (exact) mass is 295 g/mol. The van der Waals surface area contributed by atoms with Gasteiger partial charge < -0.3 is 10.1 Å². The van der Waals surface area contributed by atoms with Crippen LogP contribution >= 0.6 is 0 Å². The van der Waals surface area contributed by atoms with Gasteiger partial charge in [0.1, 0.15) is 0 Å². The van der Waals surface area contributed by atoms with E-state index in [4.69, 9.17) is 0 Å². The zero-order valence-corrected chi connectivity index (χ0v) is 11.6. The Kier molecular flexibility index (Phi) is 4.73. The third kappa shape index (κ3) is 4.41. The van der Waals surface area contributed by atoms with E-state index >= 15 is 0 Å². The van der Waals surface area contributed by atoms with Crippen LogP contribution in [-0.4, -0.2) is 6.36 Å². The van der Waals surface area contributed by atoms with Crippen molar-refractivity contribution in [2.24, 2.45) is 0 Å². The van der Waals surface area contributed by atoms with Crippen LogP contribution in [-0.2, 0) is 13.0 Å². The number of rotatable bonds is 5. The van der Waals surface area contributed by atoms with Crippen molar-refractivity contribution in [2.45, 2.75) is 26.3 Å². The predicted octanol–water partition coefficient (Wildman–Crippen LogP) is 4.76. The SMILES string of the molecule is CCc1ccccc1CNc1ccccc1OC(F)(F)F. The van der Waals surface area contributed by atoms with Crippen molar-refractivity contribution in [2.75, 3.05) is 5.32 Å². The average molecular weight is 295 g/mol. The van der Waals surface area contributed by atoms with Crippen molar-refractivity contribution in [1.29, 1.82) is 0 Å². The van der Waals surface area contributed by atoms with Gasteiger partial charge in [-0.05, 0) is 29.7 Å². The first-order valence-electron chi connectivity index (χ1n) is 6.65. The van der Waals surface area contributed by atoms with Gasteiger partial charge in [-0.15, -0.1) is 13.2 Å². The molecule has 0 heterocycles. The van der Waals surface area contributed by atoms with E-state index < -0.39 is 6.36 Å². The van der Waals surface area contributed by atoms with Crippen molar-refractivity contribution < 1.29 is 17.9 Å². The summed E-state index contributed by atoms with van der Waals surface area (Å²) >= 11 is 0. The minimum Gasteiger partial charge on any atom is -0.404 e. The standard InChI is InChI=1S/C16H16F3NO/c1-2-12-7-3-4-8-13(12)11-20-14-9-5-6-10-15(14)21-16(17,18)19/h3-10,20H,2,11H2,1H3. The van der Waals surface area contributed by atoms with Crippen LogP contribution in [0, 0.1) is 0 Å². The molecule has 0 bridgehead atoms. The predicted molar refractivity (Wildman–Crippen MR) is 76.3 cm³/mol. The van der Waals surface area contributed by atoms with E-state index in [2.05, 4.69) is 10.1 Å². The third-order valence-corrected chi connectivity index (χ3v) is 3.08. The fourth-order valence-electron chi connectivity index (χ4n) is 2.09. The number of hydrogen-bond donors (Lipinski definition) is 1. The van der Waals surface area contributed by atoms with Gasteiger partial charge in [0.2, 0.25) is 0 Å². The highest BCUT2D eigenvalue weighted by atomic mass is 19.4. The van der Waals surface area contributed by atoms with Gasteiger partial charge in [0.15, 0.2) is 5.75 Å².